The summed E-state index contributed by atoms with van der Waals surface area (Å²) in [5.74, 6) is 4.85. The van der Waals surface area contributed by atoms with Gasteiger partial charge in [0.2, 0.25) is 0 Å². The van der Waals surface area contributed by atoms with Crippen LogP contribution in [0.5, 0.6) is 0 Å². The molecule has 1 aromatic heterocycles. The lowest BCUT2D eigenvalue weighted by Crippen LogP contribution is -2.29. The van der Waals surface area contributed by atoms with Crippen molar-refractivity contribution in [2.24, 2.45) is 5.84 Å². The third-order valence-corrected chi connectivity index (χ3v) is 3.44. The molecule has 5 nitrogen and oxygen atoms in total. The lowest BCUT2D eigenvalue weighted by Gasteiger charge is -2.16. The van der Waals surface area contributed by atoms with E-state index in [1.165, 1.54) is 11.3 Å². The van der Waals surface area contributed by atoms with Crippen LogP contribution in [-0.2, 0) is 11.3 Å². The van der Waals surface area contributed by atoms with E-state index in [4.69, 9.17) is 10.6 Å². The number of hydrogen-bond donors (Lipinski definition) is 2. The molecule has 0 aliphatic rings. The summed E-state index contributed by atoms with van der Waals surface area (Å²) in [5.41, 5.74) is 2.13. The van der Waals surface area contributed by atoms with E-state index >= 15 is 0 Å². The average molecular weight is 271 g/mol. The van der Waals surface area contributed by atoms with Crippen molar-refractivity contribution in [2.75, 3.05) is 20.2 Å². The first kappa shape index (κ1) is 15.1. The van der Waals surface area contributed by atoms with Crippen LogP contribution in [0.25, 0.3) is 0 Å². The molecule has 0 aliphatic heterocycles. The third-order valence-electron chi connectivity index (χ3n) is 2.37. The van der Waals surface area contributed by atoms with E-state index < -0.39 is 0 Å². The molecular formula is C12H21N3O2S. The monoisotopic (exact) mass is 271 g/mol. The van der Waals surface area contributed by atoms with Crippen LogP contribution in [0.3, 0.4) is 0 Å². The second kappa shape index (κ2) is 7.48. The van der Waals surface area contributed by atoms with Crippen molar-refractivity contribution in [3.05, 3.63) is 21.9 Å². The Balaban J connectivity index is 2.37. The van der Waals surface area contributed by atoms with Crippen molar-refractivity contribution in [1.29, 1.82) is 0 Å². The molecule has 1 heterocycles. The number of nitrogens with one attached hydrogen (secondary N) is 1. The fourth-order valence-electron chi connectivity index (χ4n) is 1.45. The predicted octanol–water partition coefficient (Wildman–Crippen LogP) is 1.21. The zero-order valence-electron chi connectivity index (χ0n) is 11.1. The number of carbonyl (C=O) groups excluding carboxylic acids is 1. The Morgan fingerprint density at radius 3 is 2.89 bits per heavy atom. The number of hydrogen-bond acceptors (Lipinski definition) is 5. The van der Waals surface area contributed by atoms with E-state index in [0.717, 1.165) is 24.6 Å². The van der Waals surface area contributed by atoms with Gasteiger partial charge in [0, 0.05) is 18.0 Å². The highest BCUT2D eigenvalue weighted by Crippen LogP contribution is 2.17. The van der Waals surface area contributed by atoms with Gasteiger partial charge in [0.25, 0.3) is 5.91 Å². The van der Waals surface area contributed by atoms with E-state index in [2.05, 4.69) is 10.3 Å². The number of hydrazine groups is 1. The zero-order chi connectivity index (χ0) is 13.5. The van der Waals surface area contributed by atoms with E-state index in [-0.39, 0.29) is 12.0 Å². The molecule has 3 N–H and O–H groups in total. The number of nitrogens with two attached hydrogens (primary N) is 1. The smallest absolute Gasteiger partial charge is 0.275 e. The van der Waals surface area contributed by atoms with E-state index in [0.29, 0.717) is 4.88 Å². The van der Waals surface area contributed by atoms with Crippen molar-refractivity contribution in [3.63, 3.8) is 0 Å². The van der Waals surface area contributed by atoms with Gasteiger partial charge < -0.3 is 4.74 Å². The number of rotatable bonds is 7. The Labute approximate surface area is 112 Å². The number of ether oxygens (including phenoxy) is 1. The van der Waals surface area contributed by atoms with Gasteiger partial charge in [-0.3, -0.25) is 15.1 Å². The highest BCUT2D eigenvalue weighted by Gasteiger charge is 2.09. The van der Waals surface area contributed by atoms with Gasteiger partial charge >= 0.3 is 0 Å². The highest BCUT2D eigenvalue weighted by molar-refractivity contribution is 7.14. The van der Waals surface area contributed by atoms with E-state index in [9.17, 15) is 4.79 Å². The van der Waals surface area contributed by atoms with E-state index in [1.807, 2.05) is 27.0 Å². The first-order valence-corrected chi connectivity index (χ1v) is 6.74. The molecule has 0 aromatic carbocycles. The van der Waals surface area contributed by atoms with Crippen LogP contribution in [-0.4, -0.2) is 37.1 Å². The molecule has 0 aliphatic carbocycles. The topological polar surface area (TPSA) is 67.6 Å². The fourth-order valence-corrected chi connectivity index (χ4v) is 2.44. The summed E-state index contributed by atoms with van der Waals surface area (Å²) < 4.78 is 5.49. The summed E-state index contributed by atoms with van der Waals surface area (Å²) in [6.45, 7) is 6.45. The molecule has 1 amide bonds. The van der Waals surface area contributed by atoms with Gasteiger partial charge in [-0.1, -0.05) is 0 Å². The quantitative estimate of drug-likeness (QED) is 0.444. The van der Waals surface area contributed by atoms with Crippen molar-refractivity contribution in [3.8, 4) is 0 Å². The molecule has 0 unspecified atom stereocenters. The molecule has 6 heteroatoms. The maximum atomic E-state index is 11.3. The SMILES string of the molecule is CC(C)OCCN(C)Cc1ccc(C(=O)NN)s1. The molecule has 0 saturated heterocycles. The molecular weight excluding hydrogens is 250 g/mol. The molecule has 0 atom stereocenters. The summed E-state index contributed by atoms with van der Waals surface area (Å²) in [6.07, 6.45) is 0.264. The fraction of sp³-hybridized carbons (Fsp3) is 0.583. The Morgan fingerprint density at radius 2 is 2.28 bits per heavy atom. The lowest BCUT2D eigenvalue weighted by atomic mass is 10.4. The molecule has 18 heavy (non-hydrogen) atoms. The zero-order valence-corrected chi connectivity index (χ0v) is 11.9. The largest absolute Gasteiger partial charge is 0.377 e. The second-order valence-electron chi connectivity index (χ2n) is 4.40. The summed E-state index contributed by atoms with van der Waals surface area (Å²) in [7, 11) is 2.03. The number of nitrogen functional groups attached to an aromatic ring is 1. The maximum absolute atomic E-state index is 11.3. The predicted molar refractivity (Wildman–Crippen MR) is 73.4 cm³/mol. The number of carbonyl (C=O) groups is 1. The van der Waals surface area contributed by atoms with Crippen LogP contribution in [0, 0.1) is 0 Å². The summed E-state index contributed by atoms with van der Waals surface area (Å²) >= 11 is 1.46. The third kappa shape index (κ3) is 5.14. The van der Waals surface area contributed by atoms with Crippen LogP contribution in [0.4, 0.5) is 0 Å². The first-order valence-electron chi connectivity index (χ1n) is 5.92. The number of nitrogens with zero attached hydrogens (tertiary/aromatic N) is 1. The van der Waals surface area contributed by atoms with Gasteiger partial charge in [0.05, 0.1) is 17.6 Å². The van der Waals surface area contributed by atoms with Gasteiger partial charge in [-0.25, -0.2) is 5.84 Å². The van der Waals surface area contributed by atoms with Crippen molar-refractivity contribution >= 4 is 17.2 Å². The normalized spacial score (nSPS) is 11.2. The minimum atomic E-state index is -0.239. The minimum Gasteiger partial charge on any atom is -0.377 e. The molecule has 102 valence electrons. The Hall–Kier alpha value is -0.950. The Kier molecular flexibility index (Phi) is 6.28. The Bertz CT molecular complexity index is 379. The minimum absolute atomic E-state index is 0.239. The molecule has 0 fully saturated rings. The molecule has 0 saturated carbocycles. The van der Waals surface area contributed by atoms with Crippen LogP contribution in [0.1, 0.15) is 28.4 Å². The van der Waals surface area contributed by atoms with Crippen molar-refractivity contribution in [1.82, 2.24) is 10.3 Å². The Morgan fingerprint density at radius 1 is 1.56 bits per heavy atom. The number of amides is 1. The van der Waals surface area contributed by atoms with E-state index in [1.54, 1.807) is 6.07 Å². The van der Waals surface area contributed by atoms with Gasteiger partial charge in [0.1, 0.15) is 0 Å². The summed E-state index contributed by atoms with van der Waals surface area (Å²) in [4.78, 5) is 15.2. The van der Waals surface area contributed by atoms with Crippen LogP contribution in [0.2, 0.25) is 0 Å². The molecule has 0 radical (unpaired) electrons. The highest BCUT2D eigenvalue weighted by atomic mass is 32.1. The van der Waals surface area contributed by atoms with Crippen molar-refractivity contribution < 1.29 is 9.53 Å². The number of likely N-dealkylation sites (N-methyl/N-ethyl adjacent to an activating group) is 1. The standard InChI is InChI=1S/C12H21N3O2S/c1-9(2)17-7-6-15(3)8-10-4-5-11(18-10)12(16)14-13/h4-5,9H,6-8,13H2,1-3H3,(H,14,16). The van der Waals surface area contributed by atoms with Gasteiger partial charge in [-0.05, 0) is 33.0 Å². The summed E-state index contributed by atoms with van der Waals surface area (Å²) in [6, 6.07) is 3.75. The van der Waals surface area contributed by atoms with Crippen LogP contribution >= 0.6 is 11.3 Å². The average Bonchev–Trinajstić information content (AvgIpc) is 2.76. The molecule has 0 bridgehead atoms. The van der Waals surface area contributed by atoms with Gasteiger partial charge in [-0.15, -0.1) is 11.3 Å². The van der Waals surface area contributed by atoms with Crippen LogP contribution in [0.15, 0.2) is 12.1 Å². The first-order chi connectivity index (χ1) is 8.52. The summed E-state index contributed by atoms with van der Waals surface area (Å²) in [5, 5.41) is 0. The molecule has 1 rings (SSSR count). The second-order valence-corrected chi connectivity index (χ2v) is 5.57. The van der Waals surface area contributed by atoms with Crippen molar-refractivity contribution in [2.45, 2.75) is 26.5 Å². The van der Waals surface area contributed by atoms with Gasteiger partial charge in [-0.2, -0.15) is 0 Å². The lowest BCUT2D eigenvalue weighted by molar-refractivity contribution is 0.0628. The van der Waals surface area contributed by atoms with Crippen LogP contribution < -0.4 is 11.3 Å². The molecule has 0 spiro atoms. The number of thiophene rings is 1. The maximum Gasteiger partial charge on any atom is 0.275 e. The van der Waals surface area contributed by atoms with Gasteiger partial charge in [0.15, 0.2) is 0 Å². The molecule has 1 aromatic rings.